The highest BCUT2D eigenvalue weighted by atomic mass is 32.2. The number of rotatable bonds is 5. The van der Waals surface area contributed by atoms with Crippen LogP contribution in [0.15, 0.2) is 5.16 Å². The van der Waals surface area contributed by atoms with E-state index in [9.17, 15) is 4.79 Å². The topological polar surface area (TPSA) is 78.9 Å². The van der Waals surface area contributed by atoms with Crippen molar-refractivity contribution < 1.29 is 10.0 Å². The van der Waals surface area contributed by atoms with E-state index in [1.54, 1.807) is 23.7 Å². The maximum Gasteiger partial charge on any atom is 0.236 e. The number of nitrogens with two attached hydrogens (primary N) is 1. The molecule has 0 aromatic rings. The molecule has 5 nitrogen and oxygen atoms in total. The van der Waals surface area contributed by atoms with Crippen molar-refractivity contribution in [3.8, 4) is 0 Å². The third kappa shape index (κ3) is 2.26. The molecule has 1 aliphatic rings. The fourth-order valence-electron chi connectivity index (χ4n) is 1.90. The predicted molar refractivity (Wildman–Crippen MR) is 65.7 cm³/mol. The first-order valence-corrected chi connectivity index (χ1v) is 6.70. The Kier molecular flexibility index (Phi) is 4.46. The minimum atomic E-state index is -0.734. The number of thioether (sulfide) groups is 1. The molecule has 0 radical (unpaired) electrons. The van der Waals surface area contributed by atoms with Crippen molar-refractivity contribution in [1.82, 2.24) is 4.90 Å². The molecule has 0 spiro atoms. The second-order valence-corrected chi connectivity index (χ2v) is 5.13. The van der Waals surface area contributed by atoms with Gasteiger partial charge in [0.25, 0.3) is 0 Å². The van der Waals surface area contributed by atoms with Crippen LogP contribution in [-0.2, 0) is 4.79 Å². The van der Waals surface area contributed by atoms with Gasteiger partial charge in [-0.05, 0) is 19.1 Å². The molecule has 0 saturated heterocycles. The summed E-state index contributed by atoms with van der Waals surface area (Å²) in [5.74, 6) is 0.928. The van der Waals surface area contributed by atoms with Crippen LogP contribution >= 0.6 is 11.8 Å². The van der Waals surface area contributed by atoms with Gasteiger partial charge in [0.1, 0.15) is 5.41 Å². The maximum absolute atomic E-state index is 12.2. The average molecular weight is 245 g/mol. The summed E-state index contributed by atoms with van der Waals surface area (Å²) in [5, 5.41) is 11.7. The quantitative estimate of drug-likeness (QED) is 0.324. The highest BCUT2D eigenvalue weighted by molar-refractivity contribution is 7.98. The van der Waals surface area contributed by atoms with Crippen molar-refractivity contribution in [3.05, 3.63) is 0 Å². The lowest BCUT2D eigenvalue weighted by Crippen LogP contribution is -2.54. The van der Waals surface area contributed by atoms with Crippen LogP contribution in [-0.4, -0.2) is 47.5 Å². The summed E-state index contributed by atoms with van der Waals surface area (Å²) in [4.78, 5) is 13.9. The van der Waals surface area contributed by atoms with Gasteiger partial charge < -0.3 is 15.8 Å². The van der Waals surface area contributed by atoms with Crippen molar-refractivity contribution in [1.29, 1.82) is 0 Å². The van der Waals surface area contributed by atoms with Crippen LogP contribution in [0.25, 0.3) is 0 Å². The largest absolute Gasteiger partial charge is 0.409 e. The molecular weight excluding hydrogens is 226 g/mol. The van der Waals surface area contributed by atoms with Crippen LogP contribution in [0.3, 0.4) is 0 Å². The van der Waals surface area contributed by atoms with E-state index < -0.39 is 5.41 Å². The lowest BCUT2D eigenvalue weighted by atomic mass is 9.67. The number of hydrogen-bond donors (Lipinski definition) is 2. The molecular formula is C10H19N3O2S. The van der Waals surface area contributed by atoms with E-state index in [4.69, 9.17) is 10.9 Å². The third-order valence-electron chi connectivity index (χ3n) is 3.19. The van der Waals surface area contributed by atoms with Crippen molar-refractivity contribution in [2.24, 2.45) is 16.3 Å². The Labute approximate surface area is 100 Å². The minimum absolute atomic E-state index is 0.0249. The molecule has 1 rings (SSSR count). The summed E-state index contributed by atoms with van der Waals surface area (Å²) in [6.07, 6.45) is 4.33. The zero-order valence-corrected chi connectivity index (χ0v) is 10.6. The van der Waals surface area contributed by atoms with Gasteiger partial charge in [-0.1, -0.05) is 11.6 Å². The van der Waals surface area contributed by atoms with E-state index in [0.29, 0.717) is 19.4 Å². The molecule has 0 bridgehead atoms. The number of carbonyl (C=O) groups is 1. The van der Waals surface area contributed by atoms with Gasteiger partial charge in [0.2, 0.25) is 5.91 Å². The number of carbonyl (C=O) groups excluding carboxylic acids is 1. The first kappa shape index (κ1) is 13.2. The Hall–Kier alpha value is -0.910. The molecule has 1 aliphatic carbocycles. The van der Waals surface area contributed by atoms with Crippen molar-refractivity contribution in [3.63, 3.8) is 0 Å². The molecule has 3 N–H and O–H groups in total. The van der Waals surface area contributed by atoms with E-state index in [1.807, 2.05) is 6.26 Å². The number of hydrogen-bond acceptors (Lipinski definition) is 4. The fraction of sp³-hybridized carbons (Fsp3) is 0.800. The molecule has 0 atom stereocenters. The molecule has 0 aromatic heterocycles. The Morgan fingerprint density at radius 1 is 1.62 bits per heavy atom. The SMILES string of the molecule is CSCCN(C)C(=O)C1(C(N)=NO)CCC1. The average Bonchev–Trinajstić information content (AvgIpc) is 2.23. The Balaban J connectivity index is 2.70. The van der Waals surface area contributed by atoms with Crippen LogP contribution in [0.2, 0.25) is 0 Å². The lowest BCUT2D eigenvalue weighted by Gasteiger charge is -2.41. The van der Waals surface area contributed by atoms with Crippen LogP contribution in [0.4, 0.5) is 0 Å². The van der Waals surface area contributed by atoms with E-state index in [1.165, 1.54) is 0 Å². The van der Waals surface area contributed by atoms with Gasteiger partial charge in [-0.25, -0.2) is 0 Å². The molecule has 0 aromatic carbocycles. The molecule has 1 saturated carbocycles. The zero-order valence-electron chi connectivity index (χ0n) is 9.77. The Morgan fingerprint density at radius 3 is 2.62 bits per heavy atom. The summed E-state index contributed by atoms with van der Waals surface area (Å²) in [7, 11) is 1.77. The van der Waals surface area contributed by atoms with Gasteiger partial charge in [-0.2, -0.15) is 11.8 Å². The third-order valence-corrected chi connectivity index (χ3v) is 3.78. The van der Waals surface area contributed by atoms with Crippen molar-refractivity contribution in [2.45, 2.75) is 19.3 Å². The van der Waals surface area contributed by atoms with Crippen LogP contribution in [0.5, 0.6) is 0 Å². The summed E-state index contributed by atoms with van der Waals surface area (Å²) in [6.45, 7) is 0.695. The Morgan fingerprint density at radius 2 is 2.25 bits per heavy atom. The molecule has 1 fully saturated rings. The number of amides is 1. The molecule has 0 unspecified atom stereocenters. The normalized spacial score (nSPS) is 19.0. The molecule has 92 valence electrons. The van der Waals surface area contributed by atoms with Crippen molar-refractivity contribution in [2.75, 3.05) is 25.6 Å². The lowest BCUT2D eigenvalue weighted by molar-refractivity contribution is -0.140. The zero-order chi connectivity index (χ0) is 12.2. The van der Waals surface area contributed by atoms with Crippen LogP contribution in [0, 0.1) is 5.41 Å². The molecule has 0 heterocycles. The van der Waals surface area contributed by atoms with Crippen molar-refractivity contribution >= 4 is 23.5 Å². The Bertz CT molecular complexity index is 290. The minimum Gasteiger partial charge on any atom is -0.409 e. The standard InChI is InChI=1S/C10H19N3O2S/c1-13(6-7-16-2)9(14)10(4-3-5-10)8(11)12-15/h15H,3-7H2,1-2H3,(H2,11,12). The van der Waals surface area contributed by atoms with Gasteiger partial charge >= 0.3 is 0 Å². The maximum atomic E-state index is 12.2. The highest BCUT2D eigenvalue weighted by Gasteiger charge is 2.49. The van der Waals surface area contributed by atoms with Gasteiger partial charge in [-0.15, -0.1) is 0 Å². The second kappa shape index (κ2) is 5.43. The summed E-state index contributed by atoms with van der Waals surface area (Å²) < 4.78 is 0. The van der Waals surface area contributed by atoms with Crippen LogP contribution < -0.4 is 5.73 Å². The van der Waals surface area contributed by atoms with Gasteiger partial charge in [0, 0.05) is 19.3 Å². The van der Waals surface area contributed by atoms with Gasteiger partial charge in [0.15, 0.2) is 5.84 Å². The molecule has 0 aliphatic heterocycles. The van der Waals surface area contributed by atoms with E-state index in [2.05, 4.69) is 5.16 Å². The van der Waals surface area contributed by atoms with Gasteiger partial charge in [-0.3, -0.25) is 4.79 Å². The molecule has 6 heteroatoms. The first-order valence-electron chi connectivity index (χ1n) is 5.31. The molecule has 1 amide bonds. The van der Waals surface area contributed by atoms with E-state index in [-0.39, 0.29) is 11.7 Å². The highest BCUT2D eigenvalue weighted by Crippen LogP contribution is 2.42. The second-order valence-electron chi connectivity index (χ2n) is 4.14. The number of oxime groups is 1. The number of nitrogens with zero attached hydrogens (tertiary/aromatic N) is 2. The fourth-order valence-corrected chi connectivity index (χ4v) is 2.36. The van der Waals surface area contributed by atoms with Crippen LogP contribution in [0.1, 0.15) is 19.3 Å². The smallest absolute Gasteiger partial charge is 0.236 e. The summed E-state index contributed by atoms with van der Waals surface area (Å²) in [5.41, 5.74) is 4.89. The molecule has 16 heavy (non-hydrogen) atoms. The number of amidine groups is 1. The first-order chi connectivity index (χ1) is 7.58. The van der Waals surface area contributed by atoms with E-state index in [0.717, 1.165) is 12.2 Å². The van der Waals surface area contributed by atoms with E-state index >= 15 is 0 Å². The van der Waals surface area contributed by atoms with Gasteiger partial charge in [0.05, 0.1) is 0 Å². The predicted octanol–water partition coefficient (Wildman–Crippen LogP) is 0.725. The monoisotopic (exact) mass is 245 g/mol. The summed E-state index contributed by atoms with van der Waals surface area (Å²) >= 11 is 1.69. The summed E-state index contributed by atoms with van der Waals surface area (Å²) in [6, 6.07) is 0.